The predicted molar refractivity (Wildman–Crippen MR) is 69.3 cm³/mol. The van der Waals surface area contributed by atoms with E-state index in [0.29, 0.717) is 15.6 Å². The molecule has 2 rings (SSSR count). The van der Waals surface area contributed by atoms with E-state index in [1.54, 1.807) is 18.2 Å². The summed E-state index contributed by atoms with van der Waals surface area (Å²) in [5.41, 5.74) is 0. The summed E-state index contributed by atoms with van der Waals surface area (Å²) in [6.07, 6.45) is 0.638. The molecule has 0 aliphatic carbocycles. The summed E-state index contributed by atoms with van der Waals surface area (Å²) >= 11 is 4.12. The Morgan fingerprint density at radius 1 is 1.18 bits per heavy atom. The van der Waals surface area contributed by atoms with Crippen LogP contribution in [0, 0.1) is 0 Å². The van der Waals surface area contributed by atoms with E-state index in [4.69, 9.17) is 0 Å². The Kier molecular flexibility index (Phi) is 3.46. The lowest BCUT2D eigenvalue weighted by Gasteiger charge is -2.01. The van der Waals surface area contributed by atoms with Gasteiger partial charge in [0.15, 0.2) is 6.29 Å². The van der Waals surface area contributed by atoms with E-state index >= 15 is 0 Å². The molecule has 0 atom stereocenters. The molecule has 0 unspecified atom stereocenters. The van der Waals surface area contributed by atoms with Crippen molar-refractivity contribution in [2.24, 2.45) is 0 Å². The molecule has 0 saturated carbocycles. The van der Waals surface area contributed by atoms with Crippen molar-refractivity contribution < 1.29 is 13.2 Å². The van der Waals surface area contributed by atoms with Crippen LogP contribution in [0.15, 0.2) is 50.0 Å². The van der Waals surface area contributed by atoms with Crippen LogP contribution in [0.1, 0.15) is 9.67 Å². The Morgan fingerprint density at radius 3 is 2.35 bits per heavy atom. The third-order valence-electron chi connectivity index (χ3n) is 2.09. The second kappa shape index (κ2) is 4.72. The topological polar surface area (TPSA) is 51.2 Å². The lowest BCUT2D eigenvalue weighted by atomic mass is 10.4. The molecule has 0 N–H and O–H groups in total. The number of hydrogen-bond acceptors (Lipinski definition) is 4. The van der Waals surface area contributed by atoms with E-state index < -0.39 is 9.84 Å². The molecular formula is C11H7BrO3S2. The number of halogens is 1. The van der Waals surface area contributed by atoms with Crippen LogP contribution in [0.5, 0.6) is 0 Å². The quantitative estimate of drug-likeness (QED) is 0.812. The maximum atomic E-state index is 12.2. The number of rotatable bonds is 3. The Bertz CT molecular complexity index is 645. The molecule has 1 heterocycles. The van der Waals surface area contributed by atoms with Gasteiger partial charge in [0.1, 0.15) is 4.21 Å². The Morgan fingerprint density at radius 2 is 1.82 bits per heavy atom. The number of carbonyl (C=O) groups is 1. The molecular weight excluding hydrogens is 324 g/mol. The van der Waals surface area contributed by atoms with Crippen LogP contribution in [0.2, 0.25) is 0 Å². The van der Waals surface area contributed by atoms with Crippen molar-refractivity contribution in [1.29, 1.82) is 0 Å². The molecule has 2 aromatic rings. The van der Waals surface area contributed by atoms with Crippen molar-refractivity contribution in [3.8, 4) is 0 Å². The first-order valence-electron chi connectivity index (χ1n) is 4.60. The maximum Gasteiger partial charge on any atom is 0.217 e. The molecule has 17 heavy (non-hydrogen) atoms. The van der Waals surface area contributed by atoms with Gasteiger partial charge in [-0.2, -0.15) is 0 Å². The van der Waals surface area contributed by atoms with E-state index in [-0.39, 0.29) is 9.10 Å². The van der Waals surface area contributed by atoms with Crippen LogP contribution in [0.25, 0.3) is 0 Å². The van der Waals surface area contributed by atoms with Gasteiger partial charge in [-0.3, -0.25) is 4.79 Å². The van der Waals surface area contributed by atoms with Crippen molar-refractivity contribution in [2.45, 2.75) is 9.10 Å². The van der Waals surface area contributed by atoms with Gasteiger partial charge in [-0.05, 0) is 34.1 Å². The molecule has 1 aromatic heterocycles. The second-order valence-electron chi connectivity index (χ2n) is 3.22. The average Bonchev–Trinajstić information content (AvgIpc) is 2.72. The van der Waals surface area contributed by atoms with Gasteiger partial charge >= 0.3 is 0 Å². The van der Waals surface area contributed by atoms with Crippen molar-refractivity contribution in [3.63, 3.8) is 0 Å². The minimum absolute atomic E-state index is 0.158. The standard InChI is InChI=1S/C11H7BrO3S2/c12-10-6-8(7-13)16-11(10)17(14,15)9-4-2-1-3-5-9/h1-7H. The Labute approximate surface area is 111 Å². The minimum atomic E-state index is -3.55. The second-order valence-corrected chi connectivity index (χ2v) is 7.30. The number of hydrogen-bond donors (Lipinski definition) is 0. The van der Waals surface area contributed by atoms with Gasteiger partial charge in [0, 0.05) is 4.47 Å². The Balaban J connectivity index is 2.60. The first-order chi connectivity index (χ1) is 8.05. The van der Waals surface area contributed by atoms with Gasteiger partial charge in [0.2, 0.25) is 9.84 Å². The molecule has 88 valence electrons. The fourth-order valence-corrected chi connectivity index (χ4v) is 5.25. The number of carbonyl (C=O) groups excluding carboxylic acids is 1. The van der Waals surface area contributed by atoms with Gasteiger partial charge in [-0.15, -0.1) is 11.3 Å². The molecule has 0 bridgehead atoms. The van der Waals surface area contributed by atoms with Crippen molar-refractivity contribution in [2.75, 3.05) is 0 Å². The summed E-state index contributed by atoms with van der Waals surface area (Å²) in [5.74, 6) is 0. The molecule has 0 fully saturated rings. The summed E-state index contributed by atoms with van der Waals surface area (Å²) < 4.78 is 25.1. The molecule has 0 aliphatic heterocycles. The Hall–Kier alpha value is -0.980. The number of aldehydes is 1. The van der Waals surface area contributed by atoms with E-state index in [9.17, 15) is 13.2 Å². The fourth-order valence-electron chi connectivity index (χ4n) is 1.32. The third kappa shape index (κ3) is 2.34. The third-order valence-corrected chi connectivity index (χ3v) is 6.60. The normalized spacial score (nSPS) is 11.4. The SMILES string of the molecule is O=Cc1cc(Br)c(S(=O)(=O)c2ccccc2)s1. The van der Waals surface area contributed by atoms with Crippen LogP contribution >= 0.6 is 27.3 Å². The zero-order valence-corrected chi connectivity index (χ0v) is 11.7. The summed E-state index contributed by atoms with van der Waals surface area (Å²) in [4.78, 5) is 11.2. The van der Waals surface area contributed by atoms with E-state index in [0.717, 1.165) is 11.3 Å². The number of thiophene rings is 1. The molecule has 0 spiro atoms. The van der Waals surface area contributed by atoms with Gasteiger partial charge in [-0.25, -0.2) is 8.42 Å². The molecule has 0 aliphatic rings. The van der Waals surface area contributed by atoms with Crippen molar-refractivity contribution >= 4 is 43.4 Å². The molecule has 1 aromatic carbocycles. The highest BCUT2D eigenvalue weighted by atomic mass is 79.9. The van der Waals surface area contributed by atoms with Crippen LogP contribution in [0.3, 0.4) is 0 Å². The first-order valence-corrected chi connectivity index (χ1v) is 7.69. The van der Waals surface area contributed by atoms with Crippen LogP contribution in [-0.2, 0) is 9.84 Å². The molecule has 0 saturated heterocycles. The average molecular weight is 331 g/mol. The smallest absolute Gasteiger partial charge is 0.217 e. The van der Waals surface area contributed by atoms with Crippen molar-refractivity contribution in [1.82, 2.24) is 0 Å². The van der Waals surface area contributed by atoms with E-state index in [2.05, 4.69) is 15.9 Å². The number of benzene rings is 1. The van der Waals surface area contributed by atoms with E-state index in [1.165, 1.54) is 18.2 Å². The summed E-state index contributed by atoms with van der Waals surface area (Å²) in [5, 5.41) is 0. The number of sulfone groups is 1. The highest BCUT2D eigenvalue weighted by molar-refractivity contribution is 9.10. The maximum absolute atomic E-state index is 12.2. The zero-order chi connectivity index (χ0) is 12.5. The van der Waals surface area contributed by atoms with Gasteiger partial charge in [-0.1, -0.05) is 18.2 Å². The molecule has 0 radical (unpaired) electrons. The lowest BCUT2D eigenvalue weighted by molar-refractivity contribution is 0.112. The minimum Gasteiger partial charge on any atom is -0.297 e. The van der Waals surface area contributed by atoms with Gasteiger partial charge < -0.3 is 0 Å². The monoisotopic (exact) mass is 330 g/mol. The van der Waals surface area contributed by atoms with Gasteiger partial charge in [0.05, 0.1) is 9.77 Å². The largest absolute Gasteiger partial charge is 0.297 e. The van der Waals surface area contributed by atoms with Gasteiger partial charge in [0.25, 0.3) is 0 Å². The van der Waals surface area contributed by atoms with Crippen LogP contribution < -0.4 is 0 Å². The summed E-state index contributed by atoms with van der Waals surface area (Å²) in [7, 11) is -3.55. The molecule has 6 heteroatoms. The zero-order valence-electron chi connectivity index (χ0n) is 8.46. The highest BCUT2D eigenvalue weighted by Crippen LogP contribution is 2.34. The van der Waals surface area contributed by atoms with E-state index in [1.807, 2.05) is 0 Å². The fraction of sp³-hybridized carbons (Fsp3) is 0. The lowest BCUT2D eigenvalue weighted by Crippen LogP contribution is -1.99. The summed E-state index contributed by atoms with van der Waals surface area (Å²) in [6.45, 7) is 0. The van der Waals surface area contributed by atoms with Crippen LogP contribution in [0.4, 0.5) is 0 Å². The van der Waals surface area contributed by atoms with Crippen LogP contribution in [-0.4, -0.2) is 14.7 Å². The van der Waals surface area contributed by atoms with Crippen molar-refractivity contribution in [3.05, 3.63) is 45.7 Å². The first kappa shape index (κ1) is 12.5. The predicted octanol–water partition coefficient (Wildman–Crippen LogP) is 3.16. The molecule has 0 amide bonds. The summed E-state index contributed by atoms with van der Waals surface area (Å²) in [6, 6.07) is 9.64. The molecule has 3 nitrogen and oxygen atoms in total. The highest BCUT2D eigenvalue weighted by Gasteiger charge is 2.23.